The summed E-state index contributed by atoms with van der Waals surface area (Å²) in [6, 6.07) is 0. The van der Waals surface area contributed by atoms with Crippen LogP contribution in [0.15, 0.2) is 0 Å². The molecule has 2 N–H and O–H groups in total. The molecule has 1 saturated heterocycles. The second-order valence-electron chi connectivity index (χ2n) is 3.69. The summed E-state index contributed by atoms with van der Waals surface area (Å²) >= 11 is 0. The average molecular weight is 192 g/mol. The number of rotatable bonds is 4. The van der Waals surface area contributed by atoms with Gasteiger partial charge < -0.3 is 10.6 Å². The standard InChI is InChI=1S/C9H18F2N2/c10-9(11)3-7-13(8-4-9)6-2-1-5-12/h1-8,12H2. The van der Waals surface area contributed by atoms with Crippen LogP contribution in [0.1, 0.15) is 25.7 Å². The van der Waals surface area contributed by atoms with E-state index in [9.17, 15) is 8.78 Å². The number of nitrogens with two attached hydrogens (primary N) is 1. The van der Waals surface area contributed by atoms with E-state index in [-0.39, 0.29) is 12.8 Å². The molecule has 2 nitrogen and oxygen atoms in total. The summed E-state index contributed by atoms with van der Waals surface area (Å²) in [6.07, 6.45) is 2.07. The van der Waals surface area contributed by atoms with Gasteiger partial charge in [0.2, 0.25) is 0 Å². The van der Waals surface area contributed by atoms with E-state index < -0.39 is 5.92 Å². The molecule has 0 aromatic heterocycles. The lowest BCUT2D eigenvalue weighted by Gasteiger charge is -2.31. The van der Waals surface area contributed by atoms with E-state index in [2.05, 4.69) is 4.90 Å². The first-order valence-corrected chi connectivity index (χ1v) is 4.94. The van der Waals surface area contributed by atoms with Gasteiger partial charge in [-0.15, -0.1) is 0 Å². The van der Waals surface area contributed by atoms with Gasteiger partial charge in [-0.2, -0.15) is 0 Å². The number of nitrogens with zero attached hydrogens (tertiary/aromatic N) is 1. The highest BCUT2D eigenvalue weighted by Crippen LogP contribution is 2.27. The SMILES string of the molecule is NCCCCN1CCC(F)(F)CC1. The number of likely N-dealkylation sites (tertiary alicyclic amines) is 1. The zero-order valence-electron chi connectivity index (χ0n) is 7.94. The van der Waals surface area contributed by atoms with Crippen LogP contribution in [0.5, 0.6) is 0 Å². The maximum atomic E-state index is 12.7. The first kappa shape index (κ1) is 10.9. The molecule has 0 saturated carbocycles. The van der Waals surface area contributed by atoms with Gasteiger partial charge >= 0.3 is 0 Å². The number of unbranched alkanes of at least 4 members (excludes halogenated alkanes) is 1. The lowest BCUT2D eigenvalue weighted by Crippen LogP contribution is -2.39. The van der Waals surface area contributed by atoms with Crippen LogP contribution in [-0.2, 0) is 0 Å². The summed E-state index contributed by atoms with van der Waals surface area (Å²) in [5.74, 6) is -2.41. The third-order valence-corrected chi connectivity index (χ3v) is 2.52. The summed E-state index contributed by atoms with van der Waals surface area (Å²) in [5.41, 5.74) is 5.35. The van der Waals surface area contributed by atoms with Gasteiger partial charge in [-0.3, -0.25) is 0 Å². The fourth-order valence-corrected chi connectivity index (χ4v) is 1.58. The molecule has 4 heteroatoms. The molecule has 13 heavy (non-hydrogen) atoms. The maximum Gasteiger partial charge on any atom is 0.250 e. The van der Waals surface area contributed by atoms with Gasteiger partial charge in [0, 0.05) is 25.9 Å². The van der Waals surface area contributed by atoms with E-state index >= 15 is 0 Å². The zero-order valence-corrected chi connectivity index (χ0v) is 7.94. The first-order valence-electron chi connectivity index (χ1n) is 4.94. The maximum absolute atomic E-state index is 12.7. The predicted molar refractivity (Wildman–Crippen MR) is 48.9 cm³/mol. The van der Waals surface area contributed by atoms with Crippen LogP contribution in [0.2, 0.25) is 0 Å². The molecule has 1 rings (SSSR count). The number of alkyl halides is 2. The van der Waals surface area contributed by atoms with E-state index in [0.717, 1.165) is 19.4 Å². The van der Waals surface area contributed by atoms with Gasteiger partial charge in [0.25, 0.3) is 5.92 Å². The molecule has 0 aromatic carbocycles. The van der Waals surface area contributed by atoms with Crippen molar-refractivity contribution in [1.82, 2.24) is 4.90 Å². The third-order valence-electron chi connectivity index (χ3n) is 2.52. The summed E-state index contributed by atoms with van der Waals surface area (Å²) in [6.45, 7) is 2.70. The quantitative estimate of drug-likeness (QED) is 0.683. The molecule has 0 unspecified atom stereocenters. The lowest BCUT2D eigenvalue weighted by molar-refractivity contribution is -0.0551. The Morgan fingerprint density at radius 1 is 1.15 bits per heavy atom. The Bertz CT molecular complexity index is 141. The van der Waals surface area contributed by atoms with Crippen LogP contribution >= 0.6 is 0 Å². The molecule has 78 valence electrons. The zero-order chi connectivity index (χ0) is 9.73. The van der Waals surface area contributed by atoms with Crippen molar-refractivity contribution < 1.29 is 8.78 Å². The topological polar surface area (TPSA) is 29.3 Å². The van der Waals surface area contributed by atoms with Gasteiger partial charge in [0.1, 0.15) is 0 Å². The molecule has 0 bridgehead atoms. The van der Waals surface area contributed by atoms with Crippen LogP contribution < -0.4 is 5.73 Å². The molecular weight excluding hydrogens is 174 g/mol. The van der Waals surface area contributed by atoms with Crippen molar-refractivity contribution in [3.8, 4) is 0 Å². The average Bonchev–Trinajstić information content (AvgIpc) is 2.08. The highest BCUT2D eigenvalue weighted by atomic mass is 19.3. The second-order valence-corrected chi connectivity index (χ2v) is 3.69. The minimum Gasteiger partial charge on any atom is -0.330 e. The van der Waals surface area contributed by atoms with Crippen LogP contribution in [0.3, 0.4) is 0 Å². The van der Waals surface area contributed by atoms with E-state index in [1.54, 1.807) is 0 Å². The van der Waals surface area contributed by atoms with Gasteiger partial charge in [0.05, 0.1) is 0 Å². The van der Waals surface area contributed by atoms with Crippen molar-refractivity contribution in [3.05, 3.63) is 0 Å². The van der Waals surface area contributed by atoms with Gasteiger partial charge in [0.15, 0.2) is 0 Å². The molecule has 0 aromatic rings. The Hall–Kier alpha value is -0.220. The number of hydrogen-bond donors (Lipinski definition) is 1. The molecule has 1 heterocycles. The van der Waals surface area contributed by atoms with Crippen LogP contribution in [0, 0.1) is 0 Å². The predicted octanol–water partition coefficient (Wildman–Crippen LogP) is 1.46. The monoisotopic (exact) mass is 192 g/mol. The lowest BCUT2D eigenvalue weighted by atomic mass is 10.1. The Morgan fingerprint density at radius 2 is 1.77 bits per heavy atom. The minimum atomic E-state index is -2.41. The first-order chi connectivity index (χ1) is 6.14. The van der Waals surface area contributed by atoms with E-state index in [1.807, 2.05) is 0 Å². The Labute approximate surface area is 78.1 Å². The summed E-state index contributed by atoms with van der Waals surface area (Å²) < 4.78 is 25.4. The number of halogens is 2. The van der Waals surface area contributed by atoms with E-state index in [4.69, 9.17) is 5.73 Å². The summed E-state index contributed by atoms with van der Waals surface area (Å²) in [4.78, 5) is 2.10. The number of hydrogen-bond acceptors (Lipinski definition) is 2. The van der Waals surface area contributed by atoms with Gasteiger partial charge in [-0.05, 0) is 25.9 Å². The van der Waals surface area contributed by atoms with Crippen LogP contribution in [-0.4, -0.2) is 37.0 Å². The molecule has 0 aliphatic carbocycles. The molecule has 1 fully saturated rings. The molecule has 1 aliphatic rings. The van der Waals surface area contributed by atoms with Crippen LogP contribution in [0.4, 0.5) is 8.78 Å². The van der Waals surface area contributed by atoms with E-state index in [1.165, 1.54) is 0 Å². The van der Waals surface area contributed by atoms with Crippen molar-refractivity contribution in [2.75, 3.05) is 26.2 Å². The molecule has 0 spiro atoms. The molecular formula is C9H18F2N2. The van der Waals surface area contributed by atoms with Crippen molar-refractivity contribution >= 4 is 0 Å². The normalized spacial score (nSPS) is 23.3. The second kappa shape index (κ2) is 4.86. The van der Waals surface area contributed by atoms with Gasteiger partial charge in [-0.1, -0.05) is 0 Å². The Kier molecular flexibility index (Phi) is 4.06. The molecule has 0 radical (unpaired) electrons. The third kappa shape index (κ3) is 4.00. The highest BCUT2D eigenvalue weighted by Gasteiger charge is 2.33. The number of piperidine rings is 1. The molecule has 0 atom stereocenters. The smallest absolute Gasteiger partial charge is 0.250 e. The van der Waals surface area contributed by atoms with E-state index in [0.29, 0.717) is 19.6 Å². The molecule has 0 amide bonds. The molecule has 1 aliphatic heterocycles. The largest absolute Gasteiger partial charge is 0.330 e. The van der Waals surface area contributed by atoms with Crippen molar-refractivity contribution in [1.29, 1.82) is 0 Å². The van der Waals surface area contributed by atoms with Gasteiger partial charge in [-0.25, -0.2) is 8.78 Å². The Balaban J connectivity index is 2.11. The summed E-state index contributed by atoms with van der Waals surface area (Å²) in [5, 5.41) is 0. The van der Waals surface area contributed by atoms with Crippen LogP contribution in [0.25, 0.3) is 0 Å². The van der Waals surface area contributed by atoms with Crippen molar-refractivity contribution in [2.24, 2.45) is 5.73 Å². The van der Waals surface area contributed by atoms with Crippen molar-refractivity contribution in [3.63, 3.8) is 0 Å². The fourth-order valence-electron chi connectivity index (χ4n) is 1.58. The minimum absolute atomic E-state index is 0.0234. The highest BCUT2D eigenvalue weighted by molar-refractivity contribution is 4.77. The fraction of sp³-hybridized carbons (Fsp3) is 1.00. The summed E-state index contributed by atoms with van der Waals surface area (Å²) in [7, 11) is 0. The Morgan fingerprint density at radius 3 is 2.31 bits per heavy atom. The van der Waals surface area contributed by atoms with Crippen molar-refractivity contribution in [2.45, 2.75) is 31.6 Å².